The number of carbonyl (C=O) groups excluding carboxylic acids is 1. The van der Waals surface area contributed by atoms with Crippen LogP contribution in [0.4, 0.5) is 9.18 Å². The van der Waals surface area contributed by atoms with Crippen LogP contribution in [0.1, 0.15) is 39.7 Å². The van der Waals surface area contributed by atoms with E-state index in [0.717, 1.165) is 5.56 Å². The molecular weight excluding hydrogens is 349 g/mol. The molecule has 0 aliphatic carbocycles. The highest BCUT2D eigenvalue weighted by atomic mass is 28.4. The molecule has 1 aliphatic heterocycles. The summed E-state index contributed by atoms with van der Waals surface area (Å²) in [6.45, 7) is 13.0. The molecule has 2 unspecified atom stereocenters. The number of amides is 1. The van der Waals surface area contributed by atoms with Crippen molar-refractivity contribution < 1.29 is 18.3 Å². The van der Waals surface area contributed by atoms with E-state index >= 15 is 4.39 Å². The molecule has 0 N–H and O–H groups in total. The molecule has 1 amide bonds. The molecule has 2 rings (SSSR count). The SMILES string of the molecule is CC(O[Si](C)(C)C(C)(C)C)C1(F)CCN(C(=O)OCc2ccccc2)C1. The van der Waals surface area contributed by atoms with Crippen molar-refractivity contribution in [2.75, 3.05) is 13.1 Å². The van der Waals surface area contributed by atoms with E-state index in [4.69, 9.17) is 9.16 Å². The highest BCUT2D eigenvalue weighted by molar-refractivity contribution is 6.74. The predicted molar refractivity (Wildman–Crippen MR) is 104 cm³/mol. The summed E-state index contributed by atoms with van der Waals surface area (Å²) >= 11 is 0. The van der Waals surface area contributed by atoms with Crippen LogP contribution < -0.4 is 0 Å². The Morgan fingerprint density at radius 1 is 1.31 bits per heavy atom. The van der Waals surface area contributed by atoms with E-state index in [1.54, 1.807) is 6.92 Å². The third kappa shape index (κ3) is 4.85. The zero-order valence-corrected chi connectivity index (χ0v) is 17.8. The molecule has 2 atom stereocenters. The normalized spacial score (nSPS) is 22.3. The van der Waals surface area contributed by atoms with Crippen molar-refractivity contribution in [3.8, 4) is 0 Å². The van der Waals surface area contributed by atoms with Crippen molar-refractivity contribution in [2.24, 2.45) is 0 Å². The molecular formula is C20H32FNO3Si. The molecule has 26 heavy (non-hydrogen) atoms. The molecule has 4 nitrogen and oxygen atoms in total. The molecule has 0 spiro atoms. The van der Waals surface area contributed by atoms with Gasteiger partial charge in [0.2, 0.25) is 0 Å². The van der Waals surface area contributed by atoms with Crippen molar-refractivity contribution in [1.82, 2.24) is 4.90 Å². The number of likely N-dealkylation sites (tertiary alicyclic amines) is 1. The lowest BCUT2D eigenvalue weighted by Crippen LogP contribution is -2.50. The van der Waals surface area contributed by atoms with Gasteiger partial charge in [-0.05, 0) is 30.6 Å². The number of alkyl halides is 1. The van der Waals surface area contributed by atoms with Crippen LogP contribution in [0.15, 0.2) is 30.3 Å². The Balaban J connectivity index is 1.92. The number of rotatable bonds is 5. The third-order valence-electron chi connectivity index (χ3n) is 5.72. The Labute approximate surface area is 157 Å². The van der Waals surface area contributed by atoms with Crippen molar-refractivity contribution in [3.05, 3.63) is 35.9 Å². The van der Waals surface area contributed by atoms with Gasteiger partial charge in [-0.15, -0.1) is 0 Å². The average molecular weight is 382 g/mol. The summed E-state index contributed by atoms with van der Waals surface area (Å²) in [6, 6.07) is 9.49. The Morgan fingerprint density at radius 3 is 2.50 bits per heavy atom. The summed E-state index contributed by atoms with van der Waals surface area (Å²) in [5, 5.41) is 0.0184. The maximum atomic E-state index is 15.4. The van der Waals surface area contributed by atoms with E-state index in [1.165, 1.54) is 4.90 Å². The standard InChI is InChI=1S/C20H32FNO3Si/c1-16(25-26(5,6)19(2,3)4)20(21)12-13-22(15-20)18(23)24-14-17-10-8-7-9-11-17/h7-11,16H,12-15H2,1-6H3. The van der Waals surface area contributed by atoms with Crippen LogP contribution in [0.5, 0.6) is 0 Å². The van der Waals surface area contributed by atoms with Gasteiger partial charge in [0.15, 0.2) is 14.0 Å². The average Bonchev–Trinajstić information content (AvgIpc) is 2.96. The molecule has 1 aromatic rings. The first-order chi connectivity index (χ1) is 11.9. The van der Waals surface area contributed by atoms with Gasteiger partial charge in [-0.2, -0.15) is 0 Å². The van der Waals surface area contributed by atoms with E-state index in [-0.39, 0.29) is 24.6 Å². The van der Waals surface area contributed by atoms with Crippen molar-refractivity contribution in [1.29, 1.82) is 0 Å². The Hall–Kier alpha value is -1.40. The van der Waals surface area contributed by atoms with Gasteiger partial charge in [0.1, 0.15) is 6.61 Å². The first kappa shape index (κ1) is 20.9. The monoisotopic (exact) mass is 381 g/mol. The number of halogens is 1. The largest absolute Gasteiger partial charge is 0.445 e. The van der Waals surface area contributed by atoms with E-state index in [1.807, 2.05) is 30.3 Å². The Bertz CT molecular complexity index is 617. The van der Waals surface area contributed by atoms with Crippen LogP contribution in [-0.4, -0.2) is 44.2 Å². The summed E-state index contributed by atoms with van der Waals surface area (Å²) in [7, 11) is -2.07. The minimum absolute atomic E-state index is 0.0184. The molecule has 0 radical (unpaired) electrons. The molecule has 6 heteroatoms. The zero-order chi connectivity index (χ0) is 19.6. The molecule has 0 aromatic heterocycles. The van der Waals surface area contributed by atoms with E-state index < -0.39 is 26.2 Å². The van der Waals surface area contributed by atoms with E-state index in [2.05, 4.69) is 33.9 Å². The van der Waals surface area contributed by atoms with E-state index in [0.29, 0.717) is 6.54 Å². The third-order valence-corrected chi connectivity index (χ3v) is 10.3. The minimum atomic E-state index is -2.07. The van der Waals surface area contributed by atoms with Gasteiger partial charge < -0.3 is 14.1 Å². The van der Waals surface area contributed by atoms with Gasteiger partial charge in [-0.3, -0.25) is 0 Å². The lowest BCUT2D eigenvalue weighted by atomic mass is 10.00. The van der Waals surface area contributed by atoms with Gasteiger partial charge >= 0.3 is 6.09 Å². The quantitative estimate of drug-likeness (QED) is 0.662. The fourth-order valence-electron chi connectivity index (χ4n) is 2.82. The minimum Gasteiger partial charge on any atom is -0.445 e. The van der Waals surface area contributed by atoms with Crippen LogP contribution in [-0.2, 0) is 15.8 Å². The predicted octanol–water partition coefficient (Wildman–Crippen LogP) is 5.15. The summed E-state index contributed by atoms with van der Waals surface area (Å²) in [6.07, 6.45) is -0.730. The first-order valence-corrected chi connectivity index (χ1v) is 12.2. The summed E-state index contributed by atoms with van der Waals surface area (Å²) < 4.78 is 27.0. The molecule has 1 saturated heterocycles. The lowest BCUT2D eigenvalue weighted by Gasteiger charge is -2.41. The van der Waals surface area contributed by atoms with Gasteiger partial charge in [-0.25, -0.2) is 9.18 Å². The summed E-state index contributed by atoms with van der Waals surface area (Å²) in [5.41, 5.74) is -0.609. The summed E-state index contributed by atoms with van der Waals surface area (Å²) in [5.74, 6) is 0. The highest BCUT2D eigenvalue weighted by Gasteiger charge is 2.49. The number of hydrogen-bond donors (Lipinski definition) is 0. The number of hydrogen-bond acceptors (Lipinski definition) is 3. The number of ether oxygens (including phenoxy) is 1. The Morgan fingerprint density at radius 2 is 1.92 bits per heavy atom. The first-order valence-electron chi connectivity index (χ1n) is 9.27. The van der Waals surface area contributed by atoms with Crippen LogP contribution in [0, 0.1) is 0 Å². The number of carbonyl (C=O) groups is 1. The van der Waals surface area contributed by atoms with Crippen LogP contribution in [0.25, 0.3) is 0 Å². The molecule has 1 heterocycles. The highest BCUT2D eigenvalue weighted by Crippen LogP contribution is 2.40. The van der Waals surface area contributed by atoms with Gasteiger partial charge in [0.25, 0.3) is 0 Å². The second kappa shape index (κ2) is 7.68. The van der Waals surface area contributed by atoms with E-state index in [9.17, 15) is 4.79 Å². The van der Waals surface area contributed by atoms with Gasteiger partial charge in [0, 0.05) is 13.0 Å². The zero-order valence-electron chi connectivity index (χ0n) is 16.8. The fraction of sp³-hybridized carbons (Fsp3) is 0.650. The van der Waals surface area contributed by atoms with Crippen molar-refractivity contribution in [2.45, 2.75) is 70.6 Å². The number of benzene rings is 1. The molecule has 146 valence electrons. The van der Waals surface area contributed by atoms with Crippen LogP contribution >= 0.6 is 0 Å². The second-order valence-electron chi connectivity index (χ2n) is 8.77. The summed E-state index contributed by atoms with van der Waals surface area (Å²) in [4.78, 5) is 13.7. The lowest BCUT2D eigenvalue weighted by molar-refractivity contribution is 0.0165. The van der Waals surface area contributed by atoms with Crippen LogP contribution in [0.2, 0.25) is 18.1 Å². The van der Waals surface area contributed by atoms with Crippen molar-refractivity contribution >= 4 is 14.4 Å². The van der Waals surface area contributed by atoms with Gasteiger partial charge in [0.05, 0.1) is 12.6 Å². The Kier molecular flexibility index (Phi) is 6.18. The second-order valence-corrected chi connectivity index (χ2v) is 13.5. The molecule has 0 bridgehead atoms. The van der Waals surface area contributed by atoms with Gasteiger partial charge in [-0.1, -0.05) is 51.1 Å². The van der Waals surface area contributed by atoms with Crippen molar-refractivity contribution in [3.63, 3.8) is 0 Å². The molecule has 1 aromatic carbocycles. The molecule has 1 aliphatic rings. The molecule has 1 fully saturated rings. The topological polar surface area (TPSA) is 38.8 Å². The maximum absolute atomic E-state index is 15.4. The number of nitrogens with zero attached hydrogens (tertiary/aromatic N) is 1. The van der Waals surface area contributed by atoms with Crippen LogP contribution in [0.3, 0.4) is 0 Å². The molecule has 0 saturated carbocycles. The maximum Gasteiger partial charge on any atom is 0.410 e. The fourth-order valence-corrected chi connectivity index (χ4v) is 4.27. The smallest absolute Gasteiger partial charge is 0.410 e.